The molecule has 1 fully saturated rings. The number of benzene rings is 1. The minimum atomic E-state index is -3.61. The van der Waals surface area contributed by atoms with Gasteiger partial charge in [-0.15, -0.1) is 0 Å². The molecule has 2 rings (SSSR count). The Morgan fingerprint density at radius 1 is 1.26 bits per heavy atom. The first-order chi connectivity index (χ1) is 11.0. The van der Waals surface area contributed by atoms with E-state index in [0.717, 1.165) is 12.0 Å². The monoisotopic (exact) mass is 340 g/mol. The lowest BCUT2D eigenvalue weighted by Crippen LogP contribution is -2.41. The zero-order valence-electron chi connectivity index (χ0n) is 13.7. The highest BCUT2D eigenvalue weighted by Gasteiger charge is 2.28. The van der Waals surface area contributed by atoms with Crippen molar-refractivity contribution in [2.75, 3.05) is 32.8 Å². The number of carbonyl (C=O) groups is 1. The predicted molar refractivity (Wildman–Crippen MR) is 88.0 cm³/mol. The fraction of sp³-hybridized carbons (Fsp3) is 0.562. The van der Waals surface area contributed by atoms with Gasteiger partial charge >= 0.3 is 0 Å². The summed E-state index contributed by atoms with van der Waals surface area (Å²) >= 11 is 0. The molecule has 0 saturated carbocycles. The van der Waals surface area contributed by atoms with Crippen molar-refractivity contribution in [3.8, 4) is 0 Å². The van der Waals surface area contributed by atoms with E-state index in [1.165, 1.54) is 10.4 Å². The highest BCUT2D eigenvalue weighted by molar-refractivity contribution is 7.89. The number of nitrogens with one attached hydrogen (secondary N) is 1. The number of morpholine rings is 1. The molecule has 1 saturated heterocycles. The lowest BCUT2D eigenvalue weighted by Gasteiger charge is -2.27. The van der Waals surface area contributed by atoms with Gasteiger partial charge in [-0.25, -0.2) is 8.42 Å². The molecule has 0 aromatic heterocycles. The van der Waals surface area contributed by atoms with Crippen LogP contribution < -0.4 is 5.32 Å². The van der Waals surface area contributed by atoms with Crippen molar-refractivity contribution in [3.63, 3.8) is 0 Å². The number of amides is 1. The minimum absolute atomic E-state index is 0.228. The topological polar surface area (TPSA) is 75.7 Å². The molecule has 1 amide bonds. The van der Waals surface area contributed by atoms with Crippen molar-refractivity contribution in [2.24, 2.45) is 0 Å². The molecule has 0 radical (unpaired) electrons. The molecule has 1 heterocycles. The maximum atomic E-state index is 12.9. The third-order valence-electron chi connectivity index (χ3n) is 3.83. The number of sulfonamides is 1. The number of aryl methyl sites for hydroxylation is 1. The summed E-state index contributed by atoms with van der Waals surface area (Å²) in [4.78, 5) is 12.3. The minimum Gasteiger partial charge on any atom is -0.379 e. The summed E-state index contributed by atoms with van der Waals surface area (Å²) in [5.74, 6) is -0.243. The zero-order chi connectivity index (χ0) is 16.9. The van der Waals surface area contributed by atoms with Gasteiger partial charge in [-0.1, -0.05) is 19.9 Å². The van der Waals surface area contributed by atoms with Gasteiger partial charge in [0.15, 0.2) is 0 Å². The van der Waals surface area contributed by atoms with Crippen molar-refractivity contribution >= 4 is 15.9 Å². The Kier molecular flexibility index (Phi) is 6.15. The van der Waals surface area contributed by atoms with Crippen LogP contribution in [0.25, 0.3) is 0 Å². The summed E-state index contributed by atoms with van der Waals surface area (Å²) in [6.45, 7) is 5.93. The first-order valence-corrected chi connectivity index (χ1v) is 9.43. The van der Waals surface area contributed by atoms with Crippen LogP contribution in [0.5, 0.6) is 0 Å². The summed E-state index contributed by atoms with van der Waals surface area (Å²) in [5, 5.41) is 2.78. The molecule has 6 nitrogen and oxygen atoms in total. The van der Waals surface area contributed by atoms with E-state index in [1.807, 2.05) is 13.8 Å². The maximum Gasteiger partial charge on any atom is 0.251 e. The van der Waals surface area contributed by atoms with E-state index in [4.69, 9.17) is 4.74 Å². The molecule has 1 aromatic rings. The van der Waals surface area contributed by atoms with Crippen LogP contribution in [-0.4, -0.2) is 51.5 Å². The summed E-state index contributed by atoms with van der Waals surface area (Å²) in [6.07, 6.45) is 1.42. The van der Waals surface area contributed by atoms with E-state index in [2.05, 4.69) is 5.32 Å². The van der Waals surface area contributed by atoms with Gasteiger partial charge in [-0.05, 0) is 30.5 Å². The average Bonchev–Trinajstić information content (AvgIpc) is 2.59. The maximum absolute atomic E-state index is 12.9. The fourth-order valence-corrected chi connectivity index (χ4v) is 4.22. The van der Waals surface area contributed by atoms with Crippen molar-refractivity contribution in [2.45, 2.75) is 31.6 Å². The molecular weight excluding hydrogens is 316 g/mol. The van der Waals surface area contributed by atoms with Gasteiger partial charge in [0.05, 0.1) is 18.1 Å². The number of carbonyl (C=O) groups excluding carboxylic acids is 1. The van der Waals surface area contributed by atoms with Crippen LogP contribution in [0, 0.1) is 0 Å². The van der Waals surface area contributed by atoms with E-state index < -0.39 is 10.0 Å². The Morgan fingerprint density at radius 2 is 1.96 bits per heavy atom. The van der Waals surface area contributed by atoms with Gasteiger partial charge in [0, 0.05) is 25.2 Å². The second kappa shape index (κ2) is 7.90. The second-order valence-electron chi connectivity index (χ2n) is 5.45. The number of hydrogen-bond acceptors (Lipinski definition) is 4. The van der Waals surface area contributed by atoms with Crippen molar-refractivity contribution in [1.29, 1.82) is 0 Å². The van der Waals surface area contributed by atoms with E-state index in [9.17, 15) is 13.2 Å². The SMILES string of the molecule is CCCNC(=O)c1ccc(CC)c(S(=O)(=O)N2CCOCC2)c1. The lowest BCUT2D eigenvalue weighted by atomic mass is 10.1. The van der Waals surface area contributed by atoms with Crippen LogP contribution >= 0.6 is 0 Å². The van der Waals surface area contributed by atoms with Gasteiger partial charge in [-0.2, -0.15) is 4.31 Å². The third kappa shape index (κ3) is 4.10. The van der Waals surface area contributed by atoms with Gasteiger partial charge in [0.1, 0.15) is 0 Å². The van der Waals surface area contributed by atoms with Gasteiger partial charge < -0.3 is 10.1 Å². The molecule has 1 aromatic carbocycles. The third-order valence-corrected chi connectivity index (χ3v) is 5.81. The normalized spacial score (nSPS) is 16.3. The molecule has 7 heteroatoms. The molecule has 1 N–H and O–H groups in total. The summed E-state index contributed by atoms with van der Waals surface area (Å²) < 4.78 is 32.4. The van der Waals surface area contributed by atoms with E-state index in [0.29, 0.717) is 44.8 Å². The van der Waals surface area contributed by atoms with E-state index >= 15 is 0 Å². The van der Waals surface area contributed by atoms with Crippen LogP contribution in [0.4, 0.5) is 0 Å². The van der Waals surface area contributed by atoms with E-state index in [1.54, 1.807) is 12.1 Å². The smallest absolute Gasteiger partial charge is 0.251 e. The molecule has 0 atom stereocenters. The Morgan fingerprint density at radius 3 is 2.57 bits per heavy atom. The molecule has 0 aliphatic carbocycles. The van der Waals surface area contributed by atoms with Gasteiger partial charge in [0.2, 0.25) is 10.0 Å². The lowest BCUT2D eigenvalue weighted by molar-refractivity contribution is 0.0730. The van der Waals surface area contributed by atoms with Crippen molar-refractivity contribution in [3.05, 3.63) is 29.3 Å². The number of hydrogen-bond donors (Lipinski definition) is 1. The Bertz CT molecular complexity index is 652. The van der Waals surface area contributed by atoms with Crippen LogP contribution in [-0.2, 0) is 21.2 Å². The highest BCUT2D eigenvalue weighted by atomic mass is 32.2. The van der Waals surface area contributed by atoms with Gasteiger partial charge in [0.25, 0.3) is 5.91 Å². The quantitative estimate of drug-likeness (QED) is 0.849. The van der Waals surface area contributed by atoms with Crippen LogP contribution in [0.3, 0.4) is 0 Å². The molecule has 128 valence electrons. The predicted octanol–water partition coefficient (Wildman–Crippen LogP) is 1.41. The Balaban J connectivity index is 2.36. The largest absolute Gasteiger partial charge is 0.379 e. The molecule has 0 spiro atoms. The van der Waals surface area contributed by atoms with Gasteiger partial charge in [-0.3, -0.25) is 4.79 Å². The van der Waals surface area contributed by atoms with E-state index in [-0.39, 0.29) is 10.8 Å². The number of ether oxygens (including phenoxy) is 1. The first-order valence-electron chi connectivity index (χ1n) is 7.99. The summed E-state index contributed by atoms with van der Waals surface area (Å²) in [6, 6.07) is 4.91. The van der Waals surface area contributed by atoms with Crippen molar-refractivity contribution in [1.82, 2.24) is 9.62 Å². The number of nitrogens with zero attached hydrogens (tertiary/aromatic N) is 1. The average molecular weight is 340 g/mol. The Hall–Kier alpha value is -1.44. The zero-order valence-corrected chi connectivity index (χ0v) is 14.5. The molecule has 1 aliphatic rings. The highest BCUT2D eigenvalue weighted by Crippen LogP contribution is 2.23. The Labute approximate surface area is 137 Å². The summed E-state index contributed by atoms with van der Waals surface area (Å²) in [5.41, 5.74) is 1.10. The first kappa shape index (κ1) is 17.9. The molecular formula is C16H24N2O4S. The molecule has 0 unspecified atom stereocenters. The number of rotatable bonds is 6. The van der Waals surface area contributed by atoms with Crippen molar-refractivity contribution < 1.29 is 17.9 Å². The second-order valence-corrected chi connectivity index (χ2v) is 7.35. The van der Waals surface area contributed by atoms with Crippen LogP contribution in [0.15, 0.2) is 23.1 Å². The summed E-state index contributed by atoms with van der Waals surface area (Å²) in [7, 11) is -3.61. The van der Waals surface area contributed by atoms with Crippen LogP contribution in [0.1, 0.15) is 36.2 Å². The molecule has 0 bridgehead atoms. The fourth-order valence-electron chi connectivity index (χ4n) is 2.49. The van der Waals surface area contributed by atoms with Crippen LogP contribution in [0.2, 0.25) is 0 Å². The standard InChI is InChI=1S/C16H24N2O4S/c1-3-7-17-16(19)14-6-5-13(4-2)15(12-14)23(20,21)18-8-10-22-11-9-18/h5-6,12H,3-4,7-11H2,1-2H3,(H,17,19). The molecule has 1 aliphatic heterocycles. The molecule has 23 heavy (non-hydrogen) atoms.